The summed E-state index contributed by atoms with van der Waals surface area (Å²) < 4.78 is 0. The maximum absolute atomic E-state index is 10.7. The third-order valence-corrected chi connectivity index (χ3v) is 1.60. The first-order chi connectivity index (χ1) is 4.55. The predicted molar refractivity (Wildman–Crippen MR) is 36.9 cm³/mol. The van der Waals surface area contributed by atoms with Gasteiger partial charge in [0.05, 0.1) is 0 Å². The smallest absolute Gasteiger partial charge is 0.381 e. The third kappa shape index (κ3) is 0.635. The molecule has 1 aromatic carbocycles. The van der Waals surface area contributed by atoms with E-state index in [9.17, 15) is 9.59 Å². The van der Waals surface area contributed by atoms with E-state index in [-0.39, 0.29) is 16.9 Å². The zero-order valence-corrected chi connectivity index (χ0v) is 5.76. The van der Waals surface area contributed by atoms with Crippen LogP contribution in [0.3, 0.4) is 0 Å². The Morgan fingerprint density at radius 2 is 1.90 bits per heavy atom. The lowest BCUT2D eigenvalue weighted by Crippen LogP contribution is -2.20. The molecule has 1 aromatic rings. The van der Waals surface area contributed by atoms with Crippen molar-refractivity contribution < 1.29 is 5.11 Å². The zero-order chi connectivity index (χ0) is 7.89. The lowest BCUT2D eigenvalue weighted by molar-refractivity contribution is 0.469. The molecule has 0 aliphatic rings. The number of hydrogen-bond acceptors (Lipinski definition) is 3. The molecular formula is C7H7O3+. The van der Waals surface area contributed by atoms with Crippen molar-refractivity contribution in [1.82, 2.24) is 0 Å². The Balaban J connectivity index is 3.77. The first-order valence-corrected chi connectivity index (χ1v) is 2.88. The van der Waals surface area contributed by atoms with Crippen LogP contribution in [0.25, 0.3) is 0 Å². The second kappa shape index (κ2) is 1.87. The molecule has 0 bridgehead atoms. The van der Waals surface area contributed by atoms with Gasteiger partial charge < -0.3 is 5.11 Å². The molecule has 0 heterocycles. The van der Waals surface area contributed by atoms with Crippen molar-refractivity contribution in [3.05, 3.63) is 31.6 Å². The largest absolute Gasteiger partial charge is 0.486 e. The summed E-state index contributed by atoms with van der Waals surface area (Å²) in [6.45, 7) is 2.87. The van der Waals surface area contributed by atoms with Crippen molar-refractivity contribution in [2.45, 2.75) is 13.8 Å². The van der Waals surface area contributed by atoms with Gasteiger partial charge in [-0.3, -0.25) is 4.79 Å². The molecule has 0 saturated heterocycles. The molecule has 1 rings (SSSR count). The molecule has 0 aliphatic carbocycles. The second-order valence-electron chi connectivity index (χ2n) is 2.26. The molecular weight excluding hydrogens is 132 g/mol. The fraction of sp³-hybridized carbons (Fsp3) is 0.286. The average Bonchev–Trinajstić information content (AvgIpc) is 2.07. The monoisotopic (exact) mass is 139 g/mol. The molecule has 0 aliphatic heterocycles. The summed E-state index contributed by atoms with van der Waals surface area (Å²) in [5.74, 6) is -0.157. The molecule has 10 heavy (non-hydrogen) atoms. The standard InChI is InChI=1S/C7H6O3/c1-3-5(8)4(2)7(10)6(3)9/h1-2H3/p+1. The lowest BCUT2D eigenvalue weighted by atomic mass is 10.3. The van der Waals surface area contributed by atoms with Gasteiger partial charge in [-0.2, -0.15) is 4.79 Å². The number of rotatable bonds is 0. The summed E-state index contributed by atoms with van der Waals surface area (Å²) in [5, 5.41) is 9.01. The molecule has 0 atom stereocenters. The van der Waals surface area contributed by atoms with Crippen LogP contribution < -0.4 is 10.9 Å². The summed E-state index contributed by atoms with van der Waals surface area (Å²) in [6.07, 6.45) is 0. The Kier molecular flexibility index (Phi) is 1.28. The maximum atomic E-state index is 10.7. The molecule has 0 amide bonds. The number of aromatic hydroxyl groups is 1. The minimum absolute atomic E-state index is 0.155. The van der Waals surface area contributed by atoms with E-state index in [0.29, 0.717) is 0 Å². The van der Waals surface area contributed by atoms with E-state index in [4.69, 9.17) is 5.11 Å². The Morgan fingerprint density at radius 3 is 2.00 bits per heavy atom. The van der Waals surface area contributed by atoms with Gasteiger partial charge in [0.25, 0.3) is 5.75 Å². The van der Waals surface area contributed by atoms with Crippen molar-refractivity contribution in [2.24, 2.45) is 0 Å². The highest BCUT2D eigenvalue weighted by Gasteiger charge is 2.24. The van der Waals surface area contributed by atoms with Gasteiger partial charge in [-0.05, 0) is 0 Å². The van der Waals surface area contributed by atoms with Gasteiger partial charge in [0, 0.05) is 13.8 Å². The Labute approximate surface area is 57.3 Å². The van der Waals surface area contributed by atoms with E-state index in [1.54, 1.807) is 0 Å². The minimum atomic E-state index is -0.588. The normalized spacial score (nSPS) is 10.2. The number of hydrogen-bond donors (Lipinski definition) is 1. The van der Waals surface area contributed by atoms with Crippen molar-refractivity contribution in [1.29, 1.82) is 0 Å². The van der Waals surface area contributed by atoms with Gasteiger partial charge in [-0.25, -0.2) is 0 Å². The van der Waals surface area contributed by atoms with Crippen LogP contribution in [-0.4, -0.2) is 5.11 Å². The van der Waals surface area contributed by atoms with E-state index in [2.05, 4.69) is 0 Å². The maximum Gasteiger partial charge on any atom is 0.381 e. The highest BCUT2D eigenvalue weighted by atomic mass is 16.3. The molecule has 0 saturated carbocycles. The quantitative estimate of drug-likeness (QED) is 0.403. The zero-order valence-electron chi connectivity index (χ0n) is 5.76. The van der Waals surface area contributed by atoms with Gasteiger partial charge in [0.15, 0.2) is 5.56 Å². The van der Waals surface area contributed by atoms with Crippen molar-refractivity contribution in [3.63, 3.8) is 0 Å². The van der Waals surface area contributed by atoms with Crippen molar-refractivity contribution in [3.8, 4) is 5.75 Å². The Hall–Kier alpha value is -1.25. The van der Waals surface area contributed by atoms with Crippen molar-refractivity contribution >= 4 is 0 Å². The van der Waals surface area contributed by atoms with E-state index < -0.39 is 10.9 Å². The third-order valence-electron chi connectivity index (χ3n) is 1.60. The molecule has 0 aromatic heterocycles. The van der Waals surface area contributed by atoms with Crippen LogP contribution in [0.5, 0.6) is 5.75 Å². The highest BCUT2D eigenvalue weighted by molar-refractivity contribution is 5.40. The van der Waals surface area contributed by atoms with Crippen LogP contribution in [0.15, 0.2) is 9.59 Å². The fourth-order valence-corrected chi connectivity index (χ4v) is 0.837. The van der Waals surface area contributed by atoms with E-state index in [1.807, 2.05) is 0 Å². The van der Waals surface area contributed by atoms with Gasteiger partial charge >= 0.3 is 10.9 Å². The predicted octanol–water partition coefficient (Wildman–Crippen LogP) is -0.114. The minimum Gasteiger partial charge on any atom is -0.486 e. The van der Waals surface area contributed by atoms with E-state index in [0.717, 1.165) is 0 Å². The molecule has 0 radical (unpaired) electrons. The van der Waals surface area contributed by atoms with Crippen LogP contribution in [-0.2, 0) is 0 Å². The summed E-state index contributed by atoms with van der Waals surface area (Å²) in [7, 11) is 0. The second-order valence-corrected chi connectivity index (χ2v) is 2.26. The summed E-state index contributed by atoms with van der Waals surface area (Å²) in [6, 6.07) is 0. The Bertz CT molecular complexity index is 314. The van der Waals surface area contributed by atoms with Gasteiger partial charge in [-0.1, -0.05) is 0 Å². The first-order valence-electron chi connectivity index (χ1n) is 2.88. The van der Waals surface area contributed by atoms with Crippen molar-refractivity contribution in [2.75, 3.05) is 0 Å². The van der Waals surface area contributed by atoms with Gasteiger partial charge in [-0.15, -0.1) is 0 Å². The Morgan fingerprint density at radius 1 is 1.40 bits per heavy atom. The molecule has 3 nitrogen and oxygen atoms in total. The molecule has 0 unspecified atom stereocenters. The van der Waals surface area contributed by atoms with Gasteiger partial charge in [0.1, 0.15) is 5.56 Å². The summed E-state index contributed by atoms with van der Waals surface area (Å²) >= 11 is 0. The van der Waals surface area contributed by atoms with Crippen LogP contribution in [0.1, 0.15) is 11.1 Å². The first kappa shape index (κ1) is 6.86. The highest BCUT2D eigenvalue weighted by Crippen LogP contribution is 2.13. The van der Waals surface area contributed by atoms with Crippen LogP contribution in [0.2, 0.25) is 0 Å². The van der Waals surface area contributed by atoms with Gasteiger partial charge in [0.2, 0.25) is 0 Å². The SMILES string of the molecule is Cc1c(O)[c+](C)c(=O)c1=O. The fourth-order valence-electron chi connectivity index (χ4n) is 0.837. The van der Waals surface area contributed by atoms with E-state index in [1.165, 1.54) is 13.8 Å². The molecule has 1 N–H and O–H groups in total. The molecule has 0 fully saturated rings. The van der Waals surface area contributed by atoms with Crippen LogP contribution in [0.4, 0.5) is 0 Å². The summed E-state index contributed by atoms with van der Waals surface area (Å²) in [4.78, 5) is 21.5. The lowest BCUT2D eigenvalue weighted by Gasteiger charge is -1.75. The summed E-state index contributed by atoms with van der Waals surface area (Å²) in [5.41, 5.74) is -0.866. The van der Waals surface area contributed by atoms with Crippen LogP contribution >= 0.6 is 0 Å². The molecule has 3 heteroatoms. The van der Waals surface area contributed by atoms with Crippen LogP contribution in [0, 0.1) is 13.8 Å². The molecule has 0 spiro atoms. The van der Waals surface area contributed by atoms with E-state index >= 15 is 0 Å². The molecule has 52 valence electrons. The average molecular weight is 139 g/mol. The topological polar surface area (TPSA) is 54.4 Å².